The van der Waals surface area contributed by atoms with E-state index < -0.39 is 0 Å². The second-order valence-electron chi connectivity index (χ2n) is 6.00. The molecule has 26 heavy (non-hydrogen) atoms. The molecule has 10 heteroatoms. The molecule has 0 heterocycles. The largest absolute Gasteiger partial charge is 0.330 e. The Bertz CT molecular complexity index is 223. The highest BCUT2D eigenvalue weighted by atomic mass is 35.5. The first-order valence-corrected chi connectivity index (χ1v) is 9.43. The van der Waals surface area contributed by atoms with Crippen molar-refractivity contribution in [1.29, 1.82) is 0 Å². The van der Waals surface area contributed by atoms with Crippen molar-refractivity contribution in [2.24, 2.45) is 11.6 Å². The highest BCUT2D eigenvalue weighted by Crippen LogP contribution is 2.12. The first-order valence-electron chi connectivity index (χ1n) is 9.43. The number of unbranched alkanes of at least 4 members (excludes halogenated alkanes) is 13. The minimum atomic E-state index is 0. The van der Waals surface area contributed by atoms with Gasteiger partial charge in [0.1, 0.15) is 0 Å². The van der Waals surface area contributed by atoms with Crippen molar-refractivity contribution in [3.63, 3.8) is 0 Å². The van der Waals surface area contributed by atoms with Crippen molar-refractivity contribution in [3.8, 4) is 0 Å². The molecule has 0 amide bonds. The summed E-state index contributed by atoms with van der Waals surface area (Å²) in [5.74, 6) is 4.46. The zero-order chi connectivity index (χ0) is 18.3. The van der Waals surface area contributed by atoms with E-state index in [2.05, 4.69) is 41.0 Å². The van der Waals surface area contributed by atoms with E-state index in [9.17, 15) is 0 Å². The lowest BCUT2D eigenvalue weighted by atomic mass is 10.0. The smallest absolute Gasteiger partial charge is 0.0855 e. The lowest BCUT2D eigenvalue weighted by Gasteiger charge is -2.03. The zero-order valence-corrected chi connectivity index (χ0v) is 16.6. The molecule has 0 aliphatic heterocycles. The zero-order valence-electron chi connectivity index (χ0n) is 15.7. The van der Waals surface area contributed by atoms with Crippen molar-refractivity contribution in [2.75, 3.05) is 13.2 Å². The summed E-state index contributed by atoms with van der Waals surface area (Å²) >= 11 is 0. The van der Waals surface area contributed by atoms with E-state index in [4.69, 9.17) is 5.73 Å². The molecular weight excluding hydrogens is 368 g/mol. The first-order chi connectivity index (χ1) is 12.4. The maximum atomic E-state index is 5.48. The number of hydrogen-bond acceptors (Lipinski definition) is 9. The summed E-state index contributed by atoms with van der Waals surface area (Å²) in [5, 5.41) is 19.3. The van der Waals surface area contributed by atoms with Crippen molar-refractivity contribution < 1.29 is 35.1 Å². The predicted octanol–water partition coefficient (Wildman–Crippen LogP) is 4.31. The van der Waals surface area contributed by atoms with Crippen LogP contribution in [0.25, 0.3) is 0 Å². The summed E-state index contributed by atoms with van der Waals surface area (Å²) in [6.07, 6.45) is 17.8. The third-order valence-corrected chi connectivity index (χ3v) is 3.88. The second kappa shape index (κ2) is 27.2. The topological polar surface area (TPSA) is 117 Å². The Kier molecular flexibility index (Phi) is 29.4. The van der Waals surface area contributed by atoms with Gasteiger partial charge in [0.05, 0.1) is 6.61 Å². The molecule has 0 aliphatic rings. The molecule has 0 radical (unpaired) electrons. The van der Waals surface area contributed by atoms with Crippen LogP contribution in [0.1, 0.15) is 89.9 Å². The van der Waals surface area contributed by atoms with Crippen molar-refractivity contribution >= 4 is 12.4 Å². The van der Waals surface area contributed by atoms with Gasteiger partial charge in [-0.3, -0.25) is 0 Å². The normalized spacial score (nSPS) is 10.8. The standard InChI is InChI=1S/C16H36N2O7.ClH/c17-15-13-11-9-7-5-3-1-2-4-6-8-10-12-14-16-19-21-23-25-24-22-20-18;/h1-18H2;1H. The average molecular weight is 405 g/mol. The third kappa shape index (κ3) is 26.2. The highest BCUT2D eigenvalue weighted by molar-refractivity contribution is 5.85. The summed E-state index contributed by atoms with van der Waals surface area (Å²) < 4.78 is 0. The minimum absolute atomic E-state index is 0. The Hall–Kier alpha value is -0.0700. The van der Waals surface area contributed by atoms with Gasteiger partial charge in [0.15, 0.2) is 0 Å². The van der Waals surface area contributed by atoms with E-state index in [1.807, 2.05) is 0 Å². The van der Waals surface area contributed by atoms with Crippen molar-refractivity contribution in [1.82, 2.24) is 0 Å². The quantitative estimate of drug-likeness (QED) is 0.154. The molecule has 0 fully saturated rings. The summed E-state index contributed by atoms with van der Waals surface area (Å²) in [6.45, 7) is 1.24. The molecule has 0 saturated carbocycles. The van der Waals surface area contributed by atoms with Crippen LogP contribution in [0.5, 0.6) is 0 Å². The van der Waals surface area contributed by atoms with Crippen molar-refractivity contribution in [3.05, 3.63) is 0 Å². The molecule has 160 valence electrons. The van der Waals surface area contributed by atoms with E-state index in [0.29, 0.717) is 6.61 Å². The van der Waals surface area contributed by atoms with Gasteiger partial charge in [-0.1, -0.05) is 77.0 Å². The fourth-order valence-electron chi connectivity index (χ4n) is 2.53. The van der Waals surface area contributed by atoms with Crippen LogP contribution in [0.3, 0.4) is 0 Å². The Morgan fingerprint density at radius 1 is 0.462 bits per heavy atom. The molecule has 0 bridgehead atoms. The molecule has 0 rings (SSSR count). The number of halogens is 1. The van der Waals surface area contributed by atoms with E-state index in [1.165, 1.54) is 77.0 Å². The SMILES string of the molecule is Cl.NCCCCCCCCCCCCCCCCOOOOOOON. The number of hydrogen-bond donors (Lipinski definition) is 2. The fraction of sp³-hybridized carbons (Fsp3) is 1.00. The lowest BCUT2D eigenvalue weighted by molar-refractivity contribution is -0.790. The van der Waals surface area contributed by atoms with Gasteiger partial charge in [-0.15, -0.1) is 17.4 Å². The Balaban J connectivity index is 0. The molecule has 0 aliphatic carbocycles. The number of nitrogens with two attached hydrogens (primary N) is 2. The average Bonchev–Trinajstić information content (AvgIpc) is 2.63. The van der Waals surface area contributed by atoms with E-state index in [-0.39, 0.29) is 12.4 Å². The van der Waals surface area contributed by atoms with Gasteiger partial charge in [-0.2, -0.15) is 5.90 Å². The van der Waals surface area contributed by atoms with E-state index in [1.54, 1.807) is 0 Å². The maximum absolute atomic E-state index is 5.48. The van der Waals surface area contributed by atoms with Gasteiger partial charge in [0, 0.05) is 0 Å². The van der Waals surface area contributed by atoms with Gasteiger partial charge in [0.25, 0.3) is 0 Å². The molecule has 0 spiro atoms. The Morgan fingerprint density at radius 2 is 0.846 bits per heavy atom. The van der Waals surface area contributed by atoms with Gasteiger partial charge in [-0.05, 0) is 44.6 Å². The fourth-order valence-corrected chi connectivity index (χ4v) is 2.53. The van der Waals surface area contributed by atoms with Gasteiger partial charge in [0.2, 0.25) is 0 Å². The minimum Gasteiger partial charge on any atom is -0.330 e. The molecule has 0 saturated heterocycles. The first kappa shape index (κ1) is 28.1. The summed E-state index contributed by atoms with van der Waals surface area (Å²) in [7, 11) is 0. The lowest BCUT2D eigenvalue weighted by Crippen LogP contribution is -2.05. The summed E-state index contributed by atoms with van der Waals surface area (Å²) in [4.78, 5) is 8.22. The molecule has 0 aromatic carbocycles. The van der Waals surface area contributed by atoms with Crippen LogP contribution >= 0.6 is 12.4 Å². The molecule has 0 atom stereocenters. The van der Waals surface area contributed by atoms with Crippen LogP contribution in [-0.2, 0) is 35.1 Å². The molecule has 0 unspecified atom stereocenters. The monoisotopic (exact) mass is 404 g/mol. The third-order valence-electron chi connectivity index (χ3n) is 3.88. The second-order valence-corrected chi connectivity index (χ2v) is 6.00. The van der Waals surface area contributed by atoms with Crippen LogP contribution in [0, 0.1) is 0 Å². The predicted molar refractivity (Wildman–Crippen MR) is 97.6 cm³/mol. The number of rotatable bonds is 22. The molecule has 0 aromatic heterocycles. The summed E-state index contributed by atoms with van der Waals surface area (Å²) in [5.41, 5.74) is 5.48. The van der Waals surface area contributed by atoms with Gasteiger partial charge < -0.3 is 5.73 Å². The Morgan fingerprint density at radius 3 is 1.31 bits per heavy atom. The van der Waals surface area contributed by atoms with Crippen LogP contribution in [0.4, 0.5) is 0 Å². The molecule has 4 N–H and O–H groups in total. The van der Waals surface area contributed by atoms with E-state index >= 15 is 0 Å². The van der Waals surface area contributed by atoms with Gasteiger partial charge >= 0.3 is 0 Å². The molecule has 9 nitrogen and oxygen atoms in total. The maximum Gasteiger partial charge on any atom is 0.0855 e. The van der Waals surface area contributed by atoms with Crippen LogP contribution in [-0.4, -0.2) is 13.2 Å². The molecule has 0 aromatic rings. The molecular formula is C16H37ClN2O7. The van der Waals surface area contributed by atoms with Crippen LogP contribution in [0.2, 0.25) is 0 Å². The summed E-state index contributed by atoms with van der Waals surface area (Å²) in [6, 6.07) is 0. The van der Waals surface area contributed by atoms with Crippen LogP contribution < -0.4 is 11.6 Å². The Labute approximate surface area is 162 Å². The van der Waals surface area contributed by atoms with Gasteiger partial charge in [-0.25, -0.2) is 4.89 Å². The van der Waals surface area contributed by atoms with Crippen molar-refractivity contribution in [2.45, 2.75) is 89.9 Å². The van der Waals surface area contributed by atoms with Crippen LogP contribution in [0.15, 0.2) is 0 Å². The highest BCUT2D eigenvalue weighted by Gasteiger charge is 1.96. The van der Waals surface area contributed by atoms with E-state index in [0.717, 1.165) is 19.4 Å².